The Bertz CT molecular complexity index is 492. The van der Waals surface area contributed by atoms with Gasteiger partial charge in [0.05, 0.1) is 11.9 Å². The Labute approximate surface area is 106 Å². The SMILES string of the molecule is CC(C)C(OC(=O)c1ccccc1)n1ccnc1. The number of hydrogen-bond acceptors (Lipinski definition) is 3. The van der Waals surface area contributed by atoms with Crippen LogP contribution in [0.5, 0.6) is 0 Å². The second kappa shape index (κ2) is 5.49. The van der Waals surface area contributed by atoms with Gasteiger partial charge in [-0.25, -0.2) is 9.78 Å². The maximum Gasteiger partial charge on any atom is 0.340 e. The van der Waals surface area contributed by atoms with Crippen LogP contribution in [-0.2, 0) is 4.74 Å². The minimum atomic E-state index is -0.333. The quantitative estimate of drug-likeness (QED) is 0.777. The molecule has 0 saturated heterocycles. The van der Waals surface area contributed by atoms with Gasteiger partial charge in [-0.15, -0.1) is 0 Å². The first-order valence-electron chi connectivity index (χ1n) is 5.92. The lowest BCUT2D eigenvalue weighted by atomic mass is 10.2. The van der Waals surface area contributed by atoms with Crippen LogP contribution in [0.3, 0.4) is 0 Å². The Morgan fingerprint density at radius 1 is 1.28 bits per heavy atom. The summed E-state index contributed by atoms with van der Waals surface area (Å²) in [4.78, 5) is 16.0. The van der Waals surface area contributed by atoms with Crippen molar-refractivity contribution >= 4 is 5.97 Å². The predicted octanol–water partition coefficient (Wildman–Crippen LogP) is 2.89. The molecule has 1 unspecified atom stereocenters. The van der Waals surface area contributed by atoms with Crippen LogP contribution in [0, 0.1) is 5.92 Å². The smallest absolute Gasteiger partial charge is 0.340 e. The number of carbonyl (C=O) groups excluding carboxylic acids is 1. The molecule has 0 radical (unpaired) electrons. The van der Waals surface area contributed by atoms with E-state index in [1.807, 2.05) is 32.0 Å². The van der Waals surface area contributed by atoms with E-state index in [0.717, 1.165) is 0 Å². The first-order valence-corrected chi connectivity index (χ1v) is 5.92. The third-order valence-electron chi connectivity index (χ3n) is 2.63. The molecule has 0 aliphatic rings. The fraction of sp³-hybridized carbons (Fsp3) is 0.286. The van der Waals surface area contributed by atoms with E-state index in [-0.39, 0.29) is 18.1 Å². The number of rotatable bonds is 4. The second-order valence-electron chi connectivity index (χ2n) is 4.42. The average molecular weight is 244 g/mol. The number of ether oxygens (including phenoxy) is 1. The van der Waals surface area contributed by atoms with Crippen molar-refractivity contribution < 1.29 is 9.53 Å². The zero-order chi connectivity index (χ0) is 13.0. The number of nitrogens with zero attached hydrogens (tertiary/aromatic N) is 2. The number of benzene rings is 1. The van der Waals surface area contributed by atoms with Gasteiger partial charge in [-0.1, -0.05) is 32.0 Å². The highest BCUT2D eigenvalue weighted by atomic mass is 16.6. The molecule has 0 fully saturated rings. The van der Waals surface area contributed by atoms with E-state index < -0.39 is 0 Å². The predicted molar refractivity (Wildman–Crippen MR) is 68.0 cm³/mol. The van der Waals surface area contributed by atoms with E-state index in [9.17, 15) is 4.79 Å². The maximum absolute atomic E-state index is 12.0. The minimum Gasteiger partial charge on any atom is -0.437 e. The van der Waals surface area contributed by atoms with Gasteiger partial charge in [0.2, 0.25) is 0 Å². The largest absolute Gasteiger partial charge is 0.437 e. The molecule has 94 valence electrons. The number of hydrogen-bond donors (Lipinski definition) is 0. The van der Waals surface area contributed by atoms with Gasteiger partial charge in [0.1, 0.15) is 0 Å². The van der Waals surface area contributed by atoms with Gasteiger partial charge in [0, 0.05) is 18.3 Å². The highest BCUT2D eigenvalue weighted by Crippen LogP contribution is 2.20. The summed E-state index contributed by atoms with van der Waals surface area (Å²) in [5.41, 5.74) is 0.559. The number of aromatic nitrogens is 2. The van der Waals surface area contributed by atoms with E-state index in [4.69, 9.17) is 4.74 Å². The Morgan fingerprint density at radius 2 is 2.00 bits per heavy atom. The van der Waals surface area contributed by atoms with Crippen molar-refractivity contribution in [1.29, 1.82) is 0 Å². The molecular weight excluding hydrogens is 228 g/mol. The Hall–Kier alpha value is -2.10. The van der Waals surface area contributed by atoms with Gasteiger partial charge in [-0.3, -0.25) is 0 Å². The highest BCUT2D eigenvalue weighted by Gasteiger charge is 2.20. The van der Waals surface area contributed by atoms with Crippen LogP contribution >= 0.6 is 0 Å². The molecule has 1 heterocycles. The average Bonchev–Trinajstić information content (AvgIpc) is 2.90. The lowest BCUT2D eigenvalue weighted by Crippen LogP contribution is -2.21. The highest BCUT2D eigenvalue weighted by molar-refractivity contribution is 5.89. The molecule has 4 heteroatoms. The zero-order valence-corrected chi connectivity index (χ0v) is 10.5. The molecule has 2 rings (SSSR count). The summed E-state index contributed by atoms with van der Waals surface area (Å²) >= 11 is 0. The summed E-state index contributed by atoms with van der Waals surface area (Å²) < 4.78 is 7.32. The molecule has 1 aromatic heterocycles. The van der Waals surface area contributed by atoms with Gasteiger partial charge < -0.3 is 9.30 Å². The molecule has 18 heavy (non-hydrogen) atoms. The van der Waals surface area contributed by atoms with Gasteiger partial charge in [0.25, 0.3) is 0 Å². The van der Waals surface area contributed by atoms with Crippen LogP contribution < -0.4 is 0 Å². The van der Waals surface area contributed by atoms with Crippen LogP contribution in [-0.4, -0.2) is 15.5 Å². The Balaban J connectivity index is 2.13. The first kappa shape index (κ1) is 12.4. The molecule has 0 spiro atoms. The summed E-state index contributed by atoms with van der Waals surface area (Å²) in [5, 5.41) is 0. The molecule has 0 aliphatic carbocycles. The van der Waals surface area contributed by atoms with E-state index in [1.165, 1.54) is 0 Å². The van der Waals surface area contributed by atoms with Crippen LogP contribution in [0.4, 0.5) is 0 Å². The number of carbonyl (C=O) groups is 1. The van der Waals surface area contributed by atoms with Gasteiger partial charge in [-0.05, 0) is 12.1 Å². The standard InChI is InChI=1S/C14H16N2O2/c1-11(2)13(16-9-8-15-10-16)18-14(17)12-6-4-3-5-7-12/h3-11,13H,1-2H3. The molecule has 0 N–H and O–H groups in total. The summed E-state index contributed by atoms with van der Waals surface area (Å²) in [5.74, 6) is -0.144. The van der Waals surface area contributed by atoms with Crippen molar-refractivity contribution in [3.8, 4) is 0 Å². The van der Waals surface area contributed by atoms with Crippen molar-refractivity contribution in [2.24, 2.45) is 5.92 Å². The van der Waals surface area contributed by atoms with Crippen LogP contribution in [0.15, 0.2) is 49.1 Å². The second-order valence-corrected chi connectivity index (χ2v) is 4.42. The number of esters is 1. The van der Waals surface area contributed by atoms with Crippen molar-refractivity contribution in [3.05, 3.63) is 54.6 Å². The van der Waals surface area contributed by atoms with E-state index >= 15 is 0 Å². The Morgan fingerprint density at radius 3 is 2.56 bits per heavy atom. The first-order chi connectivity index (χ1) is 8.68. The molecule has 4 nitrogen and oxygen atoms in total. The molecule has 0 bridgehead atoms. The van der Waals surface area contributed by atoms with Gasteiger partial charge >= 0.3 is 5.97 Å². The Kier molecular flexibility index (Phi) is 3.77. The monoisotopic (exact) mass is 244 g/mol. The molecule has 1 aromatic carbocycles. The maximum atomic E-state index is 12.0. The molecular formula is C14H16N2O2. The molecule has 0 aliphatic heterocycles. The van der Waals surface area contributed by atoms with Gasteiger partial charge in [-0.2, -0.15) is 0 Å². The van der Waals surface area contributed by atoms with Crippen molar-refractivity contribution in [2.75, 3.05) is 0 Å². The van der Waals surface area contributed by atoms with Crippen LogP contribution in [0.1, 0.15) is 30.4 Å². The lowest BCUT2D eigenvalue weighted by molar-refractivity contribution is -0.00917. The van der Waals surface area contributed by atoms with Gasteiger partial charge in [0.15, 0.2) is 6.23 Å². The third kappa shape index (κ3) is 2.77. The molecule has 1 atom stereocenters. The minimum absolute atomic E-state index is 0.173. The lowest BCUT2D eigenvalue weighted by Gasteiger charge is -2.22. The fourth-order valence-corrected chi connectivity index (χ4v) is 1.71. The summed E-state index contributed by atoms with van der Waals surface area (Å²) in [6, 6.07) is 8.99. The summed E-state index contributed by atoms with van der Waals surface area (Å²) in [6.45, 7) is 4.01. The van der Waals surface area contributed by atoms with E-state index in [1.54, 1.807) is 35.4 Å². The van der Waals surface area contributed by atoms with E-state index in [2.05, 4.69) is 4.98 Å². The fourth-order valence-electron chi connectivity index (χ4n) is 1.71. The van der Waals surface area contributed by atoms with Crippen LogP contribution in [0.2, 0.25) is 0 Å². The third-order valence-corrected chi connectivity index (χ3v) is 2.63. The molecule has 0 saturated carbocycles. The summed E-state index contributed by atoms with van der Waals surface area (Å²) in [6.07, 6.45) is 4.79. The zero-order valence-electron chi connectivity index (χ0n) is 10.5. The van der Waals surface area contributed by atoms with Crippen LogP contribution in [0.25, 0.3) is 0 Å². The van der Waals surface area contributed by atoms with Crippen molar-refractivity contribution in [1.82, 2.24) is 9.55 Å². The number of imidazole rings is 1. The molecule has 0 amide bonds. The topological polar surface area (TPSA) is 44.1 Å². The van der Waals surface area contributed by atoms with Crippen molar-refractivity contribution in [3.63, 3.8) is 0 Å². The van der Waals surface area contributed by atoms with Crippen molar-refractivity contribution in [2.45, 2.75) is 20.1 Å². The molecule has 2 aromatic rings. The summed E-state index contributed by atoms with van der Waals surface area (Å²) in [7, 11) is 0. The normalized spacial score (nSPS) is 12.4. The van der Waals surface area contributed by atoms with E-state index in [0.29, 0.717) is 5.56 Å².